The van der Waals surface area contributed by atoms with Crippen molar-refractivity contribution < 1.29 is 52.1 Å². The summed E-state index contributed by atoms with van der Waals surface area (Å²) in [6, 6.07) is 8.45. The van der Waals surface area contributed by atoms with Crippen LogP contribution in [0.1, 0.15) is 122 Å². The molecule has 0 bridgehead atoms. The lowest BCUT2D eigenvalue weighted by molar-refractivity contribution is -0.0267. The van der Waals surface area contributed by atoms with Crippen LogP contribution in [0.3, 0.4) is 0 Å². The number of aryl methyl sites for hydroxylation is 1. The smallest absolute Gasteiger partial charge is 0.119 e. The first-order valence-corrected chi connectivity index (χ1v) is 22.9. The lowest BCUT2D eigenvalue weighted by atomic mass is 10.0. The van der Waals surface area contributed by atoms with Crippen LogP contribution in [0.25, 0.3) is 0 Å². The highest BCUT2D eigenvalue weighted by atomic mass is 16.6. The van der Waals surface area contributed by atoms with Crippen molar-refractivity contribution in [3.8, 4) is 5.75 Å². The molecule has 0 aliphatic carbocycles. The molecule has 0 saturated heterocycles. The van der Waals surface area contributed by atoms with Crippen molar-refractivity contribution in [1.29, 1.82) is 0 Å². The predicted octanol–water partition coefficient (Wildman–Crippen LogP) is 9.06. The Bertz CT molecular complexity index is 876. The molecule has 11 heteroatoms. The molecule has 0 radical (unpaired) electrons. The molecule has 1 aromatic carbocycles. The van der Waals surface area contributed by atoms with Crippen LogP contribution in [0.5, 0.6) is 5.75 Å². The van der Waals surface area contributed by atoms with Gasteiger partial charge in [0.05, 0.1) is 126 Å². The van der Waals surface area contributed by atoms with Gasteiger partial charge in [0, 0.05) is 6.61 Å². The minimum Gasteiger partial charge on any atom is -0.491 e. The van der Waals surface area contributed by atoms with Gasteiger partial charge in [-0.2, -0.15) is 0 Å². The number of benzene rings is 1. The van der Waals surface area contributed by atoms with E-state index in [9.17, 15) is 0 Å². The van der Waals surface area contributed by atoms with Gasteiger partial charge in [-0.1, -0.05) is 116 Å². The van der Waals surface area contributed by atoms with Gasteiger partial charge in [0.2, 0.25) is 0 Å². The largest absolute Gasteiger partial charge is 0.491 e. The lowest BCUT2D eigenvalue weighted by Gasteiger charge is -2.09. The maximum Gasteiger partial charge on any atom is 0.119 e. The molecular formula is C46H86O11. The molecule has 0 amide bonds. The standard InChI is InChI=1S/C46H86O11/c1-3-5-7-9-11-12-13-14-16-18-24-47-25-26-48-27-28-49-29-30-50-31-32-51-33-34-52-35-36-53-37-38-54-39-40-55-41-42-56-43-44-57-46-22-20-45(21-23-46)19-17-15-10-8-6-4-2/h20-23H,3-19,24-44H2,1-2H3. The van der Waals surface area contributed by atoms with Crippen molar-refractivity contribution in [2.45, 2.75) is 123 Å². The van der Waals surface area contributed by atoms with Crippen molar-refractivity contribution in [1.82, 2.24) is 0 Å². The van der Waals surface area contributed by atoms with E-state index >= 15 is 0 Å². The van der Waals surface area contributed by atoms with Gasteiger partial charge < -0.3 is 52.1 Å². The first-order valence-electron chi connectivity index (χ1n) is 22.9. The highest BCUT2D eigenvalue weighted by molar-refractivity contribution is 5.27. The molecule has 0 aliphatic heterocycles. The van der Waals surface area contributed by atoms with Crippen LogP contribution in [0.2, 0.25) is 0 Å². The molecule has 0 aromatic heterocycles. The maximum absolute atomic E-state index is 5.78. The van der Waals surface area contributed by atoms with Gasteiger partial charge in [0.15, 0.2) is 0 Å². The quantitative estimate of drug-likeness (QED) is 0.0589. The Morgan fingerprint density at radius 1 is 0.263 bits per heavy atom. The zero-order valence-electron chi connectivity index (χ0n) is 36.7. The van der Waals surface area contributed by atoms with Gasteiger partial charge >= 0.3 is 0 Å². The van der Waals surface area contributed by atoms with E-state index in [0.717, 1.165) is 25.2 Å². The minimum atomic E-state index is 0.521. The number of hydrogen-bond donors (Lipinski definition) is 0. The normalized spacial score (nSPS) is 11.5. The summed E-state index contributed by atoms with van der Waals surface area (Å²) in [5, 5.41) is 0. The first kappa shape index (κ1) is 53.6. The molecule has 0 aliphatic rings. The molecule has 0 spiro atoms. The Morgan fingerprint density at radius 2 is 0.526 bits per heavy atom. The molecule has 0 heterocycles. The zero-order chi connectivity index (χ0) is 40.6. The van der Waals surface area contributed by atoms with Gasteiger partial charge in [0.25, 0.3) is 0 Å². The third kappa shape index (κ3) is 42.5. The predicted molar refractivity (Wildman–Crippen MR) is 229 cm³/mol. The second-order valence-corrected chi connectivity index (χ2v) is 14.3. The molecule has 0 atom stereocenters. The molecule has 336 valence electrons. The van der Waals surface area contributed by atoms with E-state index < -0.39 is 0 Å². The fourth-order valence-corrected chi connectivity index (χ4v) is 5.85. The topological polar surface area (TPSA) is 102 Å². The van der Waals surface area contributed by atoms with Crippen LogP contribution in [0.15, 0.2) is 24.3 Å². The molecule has 0 N–H and O–H groups in total. The third-order valence-electron chi connectivity index (χ3n) is 9.23. The summed E-state index contributed by atoms with van der Waals surface area (Å²) in [7, 11) is 0. The molecular weight excluding hydrogens is 728 g/mol. The number of rotatable bonds is 49. The van der Waals surface area contributed by atoms with Crippen molar-refractivity contribution in [2.24, 2.45) is 0 Å². The van der Waals surface area contributed by atoms with Gasteiger partial charge in [-0.3, -0.25) is 0 Å². The summed E-state index contributed by atoms with van der Waals surface area (Å²) in [6.07, 6.45) is 22.5. The Kier molecular flexibility index (Phi) is 44.5. The molecule has 1 rings (SSSR count). The Morgan fingerprint density at radius 3 is 0.860 bits per heavy atom. The highest BCUT2D eigenvalue weighted by Crippen LogP contribution is 2.15. The van der Waals surface area contributed by atoms with Crippen LogP contribution in [0.4, 0.5) is 0 Å². The molecule has 1 aromatic rings. The summed E-state index contributed by atoms with van der Waals surface area (Å²) in [5.41, 5.74) is 1.38. The van der Waals surface area contributed by atoms with Crippen molar-refractivity contribution in [3.63, 3.8) is 0 Å². The average Bonchev–Trinajstić information content (AvgIpc) is 3.23. The van der Waals surface area contributed by atoms with E-state index in [2.05, 4.69) is 38.1 Å². The fourth-order valence-electron chi connectivity index (χ4n) is 5.85. The van der Waals surface area contributed by atoms with E-state index in [1.54, 1.807) is 0 Å². The van der Waals surface area contributed by atoms with Crippen LogP contribution >= 0.6 is 0 Å². The summed E-state index contributed by atoms with van der Waals surface area (Å²) >= 11 is 0. The molecule has 0 unspecified atom stereocenters. The Balaban J connectivity index is 1.65. The maximum atomic E-state index is 5.78. The van der Waals surface area contributed by atoms with Gasteiger partial charge in [-0.25, -0.2) is 0 Å². The minimum absolute atomic E-state index is 0.521. The van der Waals surface area contributed by atoms with Crippen LogP contribution < -0.4 is 4.74 Å². The van der Waals surface area contributed by atoms with Gasteiger partial charge in [0.1, 0.15) is 12.4 Å². The highest BCUT2D eigenvalue weighted by Gasteiger charge is 2.00. The van der Waals surface area contributed by atoms with Crippen LogP contribution in [0, 0.1) is 0 Å². The van der Waals surface area contributed by atoms with E-state index in [1.807, 2.05) is 0 Å². The third-order valence-corrected chi connectivity index (χ3v) is 9.23. The second kappa shape index (κ2) is 47.3. The van der Waals surface area contributed by atoms with E-state index in [-0.39, 0.29) is 0 Å². The summed E-state index contributed by atoms with van der Waals surface area (Å²) in [4.78, 5) is 0. The summed E-state index contributed by atoms with van der Waals surface area (Å²) in [6.45, 7) is 16.2. The average molecular weight is 815 g/mol. The summed E-state index contributed by atoms with van der Waals surface area (Å²) in [5.74, 6) is 0.889. The van der Waals surface area contributed by atoms with Gasteiger partial charge in [-0.15, -0.1) is 0 Å². The fraction of sp³-hybridized carbons (Fsp3) is 0.870. The molecule has 0 saturated carbocycles. The lowest BCUT2D eigenvalue weighted by Crippen LogP contribution is -2.15. The number of unbranched alkanes of at least 4 members (excludes halogenated alkanes) is 14. The SMILES string of the molecule is CCCCCCCCCCCCOCCOCCOCCOCCOCCOCCOCCOCCOCCOCCOc1ccc(CCCCCCCC)cc1. The number of hydrogen-bond acceptors (Lipinski definition) is 11. The second-order valence-electron chi connectivity index (χ2n) is 14.3. The summed E-state index contributed by atoms with van der Waals surface area (Å²) < 4.78 is 61.4. The monoisotopic (exact) mass is 815 g/mol. The number of ether oxygens (including phenoxy) is 11. The molecule has 57 heavy (non-hydrogen) atoms. The van der Waals surface area contributed by atoms with Crippen LogP contribution in [-0.2, 0) is 53.8 Å². The zero-order valence-corrected chi connectivity index (χ0v) is 36.7. The van der Waals surface area contributed by atoms with Crippen molar-refractivity contribution in [2.75, 3.05) is 139 Å². The first-order chi connectivity index (χ1) is 28.4. The van der Waals surface area contributed by atoms with Crippen LogP contribution in [-0.4, -0.2) is 139 Å². The van der Waals surface area contributed by atoms with E-state index in [1.165, 1.54) is 102 Å². The Labute approximate surface area is 348 Å². The molecule has 0 fully saturated rings. The molecule has 11 nitrogen and oxygen atoms in total. The van der Waals surface area contributed by atoms with Gasteiger partial charge in [-0.05, 0) is 37.0 Å². The Hall–Kier alpha value is -1.38. The van der Waals surface area contributed by atoms with Crippen molar-refractivity contribution in [3.05, 3.63) is 29.8 Å². The van der Waals surface area contributed by atoms with E-state index in [0.29, 0.717) is 132 Å². The van der Waals surface area contributed by atoms with Crippen molar-refractivity contribution >= 4 is 0 Å². The van der Waals surface area contributed by atoms with E-state index in [4.69, 9.17) is 52.1 Å².